The first-order valence-electron chi connectivity index (χ1n) is 6.79. The van der Waals surface area contributed by atoms with Crippen LogP contribution in [0.3, 0.4) is 0 Å². The lowest BCUT2D eigenvalue weighted by molar-refractivity contribution is 0.0361. The average molecular weight is 274 g/mol. The summed E-state index contributed by atoms with van der Waals surface area (Å²) in [6, 6.07) is 5.44. The number of carbonyl (C=O) groups excluding carboxylic acids is 1. The molecule has 2 N–H and O–H groups in total. The molecular formula is C14H18N4O2. The number of rotatable bonds is 4. The highest BCUT2D eigenvalue weighted by Crippen LogP contribution is 2.15. The molecule has 2 aromatic rings. The number of benzene rings is 1. The topological polar surface area (TPSA) is 73.4 Å². The maximum atomic E-state index is 11.2. The summed E-state index contributed by atoms with van der Waals surface area (Å²) in [6.45, 7) is 5.36. The van der Waals surface area contributed by atoms with Crippen molar-refractivity contribution in [3.63, 3.8) is 0 Å². The highest BCUT2D eigenvalue weighted by Gasteiger charge is 2.11. The standard InChI is InChI=1S/C14H18N4O2/c15-14(19)11-1-2-13-12(9-11)10-16-18(13)4-3-17-5-7-20-8-6-17/h1-2,9-10H,3-8H2,(H2,15,19). The van der Waals surface area contributed by atoms with E-state index in [1.54, 1.807) is 18.3 Å². The van der Waals surface area contributed by atoms with Crippen LogP contribution in [0.2, 0.25) is 0 Å². The van der Waals surface area contributed by atoms with Gasteiger partial charge in [-0.2, -0.15) is 5.10 Å². The van der Waals surface area contributed by atoms with E-state index in [-0.39, 0.29) is 0 Å². The van der Waals surface area contributed by atoms with Crippen LogP contribution in [0.4, 0.5) is 0 Å². The van der Waals surface area contributed by atoms with Gasteiger partial charge in [0.25, 0.3) is 0 Å². The Morgan fingerprint density at radius 3 is 2.85 bits per heavy atom. The minimum Gasteiger partial charge on any atom is -0.379 e. The molecule has 0 spiro atoms. The van der Waals surface area contributed by atoms with Crippen molar-refractivity contribution in [3.05, 3.63) is 30.0 Å². The van der Waals surface area contributed by atoms with Crippen molar-refractivity contribution in [1.29, 1.82) is 0 Å². The molecule has 0 radical (unpaired) electrons. The van der Waals surface area contributed by atoms with Crippen LogP contribution in [0.25, 0.3) is 10.9 Å². The van der Waals surface area contributed by atoms with E-state index in [2.05, 4.69) is 10.00 Å². The molecule has 20 heavy (non-hydrogen) atoms. The molecule has 0 unspecified atom stereocenters. The van der Waals surface area contributed by atoms with E-state index in [1.807, 2.05) is 10.7 Å². The molecule has 3 rings (SSSR count). The van der Waals surface area contributed by atoms with Crippen LogP contribution in [0.5, 0.6) is 0 Å². The predicted octanol–water partition coefficient (Wildman–Crippen LogP) is 0.467. The van der Waals surface area contributed by atoms with Gasteiger partial charge in [0.2, 0.25) is 5.91 Å². The lowest BCUT2D eigenvalue weighted by atomic mass is 10.1. The van der Waals surface area contributed by atoms with Crippen LogP contribution >= 0.6 is 0 Å². The van der Waals surface area contributed by atoms with Gasteiger partial charge in [-0.15, -0.1) is 0 Å². The van der Waals surface area contributed by atoms with Gasteiger partial charge in [-0.3, -0.25) is 14.4 Å². The number of amides is 1. The Morgan fingerprint density at radius 2 is 2.10 bits per heavy atom. The van der Waals surface area contributed by atoms with E-state index >= 15 is 0 Å². The fraction of sp³-hybridized carbons (Fsp3) is 0.429. The van der Waals surface area contributed by atoms with Gasteiger partial charge in [-0.1, -0.05) is 0 Å². The molecule has 1 aliphatic rings. The van der Waals surface area contributed by atoms with Crippen molar-refractivity contribution in [3.8, 4) is 0 Å². The molecule has 106 valence electrons. The first-order valence-corrected chi connectivity index (χ1v) is 6.79. The zero-order chi connectivity index (χ0) is 13.9. The molecule has 0 atom stereocenters. The third-order valence-corrected chi connectivity index (χ3v) is 3.66. The molecular weight excluding hydrogens is 256 g/mol. The molecule has 1 aliphatic heterocycles. The van der Waals surface area contributed by atoms with Crippen LogP contribution in [0, 0.1) is 0 Å². The van der Waals surface area contributed by atoms with Gasteiger partial charge in [-0.25, -0.2) is 0 Å². The number of hydrogen-bond acceptors (Lipinski definition) is 4. The molecule has 6 nitrogen and oxygen atoms in total. The molecule has 0 saturated carbocycles. The normalized spacial score (nSPS) is 16.6. The third-order valence-electron chi connectivity index (χ3n) is 3.66. The second kappa shape index (κ2) is 5.60. The van der Waals surface area contributed by atoms with Gasteiger partial charge in [-0.05, 0) is 18.2 Å². The Balaban J connectivity index is 1.73. The lowest BCUT2D eigenvalue weighted by Gasteiger charge is -2.26. The Kier molecular flexibility index (Phi) is 3.66. The van der Waals surface area contributed by atoms with Gasteiger partial charge < -0.3 is 10.5 Å². The van der Waals surface area contributed by atoms with E-state index < -0.39 is 5.91 Å². The fourth-order valence-electron chi connectivity index (χ4n) is 2.48. The highest BCUT2D eigenvalue weighted by molar-refractivity contribution is 5.96. The number of nitrogens with two attached hydrogens (primary N) is 1. The second-order valence-electron chi connectivity index (χ2n) is 4.96. The maximum Gasteiger partial charge on any atom is 0.248 e. The molecule has 1 aromatic heterocycles. The molecule has 1 fully saturated rings. The summed E-state index contributed by atoms with van der Waals surface area (Å²) in [7, 11) is 0. The molecule has 1 saturated heterocycles. The lowest BCUT2D eigenvalue weighted by Crippen LogP contribution is -2.38. The number of aromatic nitrogens is 2. The van der Waals surface area contributed by atoms with E-state index in [4.69, 9.17) is 10.5 Å². The van der Waals surface area contributed by atoms with Gasteiger partial charge in [0.1, 0.15) is 0 Å². The van der Waals surface area contributed by atoms with Gasteiger partial charge in [0.15, 0.2) is 0 Å². The number of hydrogen-bond donors (Lipinski definition) is 1. The van der Waals surface area contributed by atoms with E-state index in [0.29, 0.717) is 5.56 Å². The molecule has 6 heteroatoms. The first-order chi connectivity index (χ1) is 9.74. The zero-order valence-electron chi connectivity index (χ0n) is 11.3. The number of ether oxygens (including phenoxy) is 1. The molecule has 1 aromatic carbocycles. The van der Waals surface area contributed by atoms with Crippen LogP contribution in [0.15, 0.2) is 24.4 Å². The summed E-state index contributed by atoms with van der Waals surface area (Å²) in [4.78, 5) is 13.5. The van der Waals surface area contributed by atoms with Crippen LogP contribution in [-0.2, 0) is 11.3 Å². The van der Waals surface area contributed by atoms with Crippen LogP contribution < -0.4 is 5.73 Å². The minimum absolute atomic E-state index is 0.409. The Hall–Kier alpha value is -1.92. The summed E-state index contributed by atoms with van der Waals surface area (Å²) >= 11 is 0. The Morgan fingerprint density at radius 1 is 1.30 bits per heavy atom. The zero-order valence-corrected chi connectivity index (χ0v) is 11.3. The van der Waals surface area contributed by atoms with Crippen LogP contribution in [-0.4, -0.2) is 53.4 Å². The SMILES string of the molecule is NC(=O)c1ccc2c(cnn2CCN2CCOCC2)c1. The Labute approximate surface area is 117 Å². The smallest absolute Gasteiger partial charge is 0.248 e. The first kappa shape index (κ1) is 13.1. The van der Waals surface area contributed by atoms with E-state index in [1.165, 1.54) is 0 Å². The molecule has 0 aliphatic carbocycles. The van der Waals surface area contributed by atoms with Crippen molar-refractivity contribution in [2.24, 2.45) is 5.73 Å². The van der Waals surface area contributed by atoms with Crippen molar-refractivity contribution in [2.45, 2.75) is 6.54 Å². The molecule has 1 amide bonds. The highest BCUT2D eigenvalue weighted by atomic mass is 16.5. The average Bonchev–Trinajstić information content (AvgIpc) is 2.88. The quantitative estimate of drug-likeness (QED) is 0.879. The molecule has 0 bridgehead atoms. The van der Waals surface area contributed by atoms with Crippen LogP contribution in [0.1, 0.15) is 10.4 Å². The van der Waals surface area contributed by atoms with Crippen molar-refractivity contribution < 1.29 is 9.53 Å². The predicted molar refractivity (Wildman–Crippen MR) is 75.5 cm³/mol. The number of morpholine rings is 1. The summed E-state index contributed by atoms with van der Waals surface area (Å²) in [5.74, 6) is -0.409. The summed E-state index contributed by atoms with van der Waals surface area (Å²) < 4.78 is 7.30. The van der Waals surface area contributed by atoms with E-state index in [0.717, 1.165) is 50.3 Å². The minimum atomic E-state index is -0.409. The summed E-state index contributed by atoms with van der Waals surface area (Å²) in [5, 5.41) is 5.33. The second-order valence-corrected chi connectivity index (χ2v) is 4.96. The summed E-state index contributed by atoms with van der Waals surface area (Å²) in [5.41, 5.74) is 6.83. The molecule has 2 heterocycles. The maximum absolute atomic E-state index is 11.2. The van der Waals surface area contributed by atoms with Gasteiger partial charge in [0.05, 0.1) is 31.5 Å². The number of carbonyl (C=O) groups is 1. The number of primary amides is 1. The van der Waals surface area contributed by atoms with Crippen molar-refractivity contribution in [2.75, 3.05) is 32.8 Å². The van der Waals surface area contributed by atoms with Crippen molar-refractivity contribution >= 4 is 16.8 Å². The van der Waals surface area contributed by atoms with Gasteiger partial charge in [0, 0.05) is 30.6 Å². The largest absolute Gasteiger partial charge is 0.379 e. The Bertz CT molecular complexity index is 617. The van der Waals surface area contributed by atoms with E-state index in [9.17, 15) is 4.79 Å². The fourth-order valence-corrected chi connectivity index (χ4v) is 2.48. The number of fused-ring (bicyclic) bond motifs is 1. The number of nitrogens with zero attached hydrogens (tertiary/aromatic N) is 3. The van der Waals surface area contributed by atoms with Crippen molar-refractivity contribution in [1.82, 2.24) is 14.7 Å². The summed E-state index contributed by atoms with van der Waals surface area (Å²) in [6.07, 6.45) is 1.78. The third kappa shape index (κ3) is 2.66. The van der Waals surface area contributed by atoms with Gasteiger partial charge >= 0.3 is 0 Å². The monoisotopic (exact) mass is 274 g/mol.